The number of aromatic carboxylic acids is 1. The van der Waals surface area contributed by atoms with Crippen molar-refractivity contribution in [2.24, 2.45) is 0 Å². The van der Waals surface area contributed by atoms with Gasteiger partial charge in [0.05, 0.1) is 23.0 Å². The fourth-order valence-corrected chi connectivity index (χ4v) is 5.11. The summed E-state index contributed by atoms with van der Waals surface area (Å²) in [6.45, 7) is 5.95. The fraction of sp³-hybridized carbons (Fsp3) is 0.241. The number of hydrogen-bond acceptors (Lipinski definition) is 5. The molecular weight excluding hydrogens is 452 g/mol. The lowest BCUT2D eigenvalue weighted by atomic mass is 9.94. The van der Waals surface area contributed by atoms with Gasteiger partial charge >= 0.3 is 5.97 Å². The number of carbonyl (C=O) groups is 1. The van der Waals surface area contributed by atoms with E-state index >= 15 is 0 Å². The summed E-state index contributed by atoms with van der Waals surface area (Å²) in [5.74, 6) is 0.225. The molecule has 4 heterocycles. The first kappa shape index (κ1) is 22.2. The smallest absolute Gasteiger partial charge is 0.335 e. The van der Waals surface area contributed by atoms with E-state index in [1.807, 2.05) is 50.4 Å². The number of hydrogen-bond donors (Lipinski definition) is 1. The fourth-order valence-electron chi connectivity index (χ4n) is 5.11. The van der Waals surface area contributed by atoms with Crippen molar-refractivity contribution in [3.8, 4) is 22.3 Å². The van der Waals surface area contributed by atoms with E-state index in [1.54, 1.807) is 12.3 Å². The number of carboxylic acids is 1. The molecule has 1 aliphatic rings. The number of aryl methyl sites for hydroxylation is 2. The molecule has 7 nitrogen and oxygen atoms in total. The van der Waals surface area contributed by atoms with Gasteiger partial charge in [0, 0.05) is 40.7 Å². The number of nitrogens with zero attached hydrogens (tertiary/aromatic N) is 4. The first-order valence-electron chi connectivity index (χ1n) is 12.1. The van der Waals surface area contributed by atoms with E-state index in [1.165, 1.54) is 0 Å². The lowest BCUT2D eigenvalue weighted by Crippen LogP contribution is -2.07. The Labute approximate surface area is 208 Å². The van der Waals surface area contributed by atoms with Gasteiger partial charge in [0.25, 0.3) is 0 Å². The Balaban J connectivity index is 1.61. The predicted molar refractivity (Wildman–Crippen MR) is 137 cm³/mol. The van der Waals surface area contributed by atoms with Crippen LogP contribution >= 0.6 is 0 Å². The molecule has 1 unspecified atom stereocenters. The summed E-state index contributed by atoms with van der Waals surface area (Å²) in [7, 11) is 0. The first-order valence-corrected chi connectivity index (χ1v) is 12.1. The van der Waals surface area contributed by atoms with Crippen LogP contribution in [-0.4, -0.2) is 30.8 Å². The molecule has 0 bridgehead atoms. The van der Waals surface area contributed by atoms with Crippen molar-refractivity contribution in [1.82, 2.24) is 19.7 Å². The van der Waals surface area contributed by atoms with Gasteiger partial charge in [0.1, 0.15) is 11.4 Å². The standard InChI is InChI=1S/C29H26N4O3/c1-16-27(18(3)36-32-16)21-13-24-25(22-10-9-20(29(34)35)12-23(22)19-7-8-19)15-33(28(24)31-14-21)17(2)26-6-4-5-11-30-26/h4-6,9-15,17,19H,7-8H2,1-3H3,(H,34,35). The minimum atomic E-state index is -0.906. The molecule has 0 amide bonds. The van der Waals surface area contributed by atoms with Crippen molar-refractivity contribution < 1.29 is 14.4 Å². The zero-order valence-corrected chi connectivity index (χ0v) is 20.4. The Morgan fingerprint density at radius 2 is 1.94 bits per heavy atom. The summed E-state index contributed by atoms with van der Waals surface area (Å²) in [6.07, 6.45) is 7.95. The van der Waals surface area contributed by atoms with Crippen LogP contribution in [0.15, 0.2) is 65.6 Å². The summed E-state index contributed by atoms with van der Waals surface area (Å²) in [4.78, 5) is 21.2. The molecule has 5 aromatic rings. The monoisotopic (exact) mass is 478 g/mol. The SMILES string of the molecule is Cc1noc(C)c1-c1cnc2c(c1)c(-c1ccc(C(=O)O)cc1C1CC1)cn2C(C)c1ccccn1. The predicted octanol–water partition coefficient (Wildman–Crippen LogP) is 6.56. The summed E-state index contributed by atoms with van der Waals surface area (Å²) in [5, 5.41) is 14.7. The molecule has 180 valence electrons. The zero-order chi connectivity index (χ0) is 25.0. The molecule has 1 fully saturated rings. The van der Waals surface area contributed by atoms with Crippen LogP contribution in [0.1, 0.15) is 64.8 Å². The van der Waals surface area contributed by atoms with Gasteiger partial charge in [-0.05, 0) is 81.0 Å². The van der Waals surface area contributed by atoms with Gasteiger partial charge in [0.15, 0.2) is 0 Å². The quantitative estimate of drug-likeness (QED) is 0.297. The number of carboxylic acid groups (broad SMARTS) is 1. The van der Waals surface area contributed by atoms with E-state index in [0.717, 1.165) is 68.8 Å². The van der Waals surface area contributed by atoms with Crippen molar-refractivity contribution >= 4 is 17.0 Å². The highest BCUT2D eigenvalue weighted by Gasteiger charge is 2.29. The summed E-state index contributed by atoms with van der Waals surface area (Å²) >= 11 is 0. The Morgan fingerprint density at radius 3 is 2.61 bits per heavy atom. The summed E-state index contributed by atoms with van der Waals surface area (Å²) in [6, 6.07) is 13.5. The molecule has 1 aromatic carbocycles. The van der Waals surface area contributed by atoms with Crippen LogP contribution in [0.2, 0.25) is 0 Å². The average Bonchev–Trinajstić information content (AvgIpc) is 3.60. The Kier molecular flexibility index (Phi) is 5.21. The van der Waals surface area contributed by atoms with E-state index in [-0.39, 0.29) is 6.04 Å². The van der Waals surface area contributed by atoms with Gasteiger partial charge < -0.3 is 14.2 Å². The molecule has 6 rings (SSSR count). The molecule has 1 aliphatic carbocycles. The van der Waals surface area contributed by atoms with Crippen molar-refractivity contribution in [2.75, 3.05) is 0 Å². The number of pyridine rings is 2. The molecule has 0 radical (unpaired) electrons. The first-order chi connectivity index (χ1) is 17.4. The third-order valence-electron chi connectivity index (χ3n) is 7.13. The van der Waals surface area contributed by atoms with Gasteiger partial charge in [-0.25, -0.2) is 9.78 Å². The maximum atomic E-state index is 11.7. The zero-order valence-electron chi connectivity index (χ0n) is 20.4. The minimum absolute atomic E-state index is 0.0393. The lowest BCUT2D eigenvalue weighted by molar-refractivity contribution is 0.0697. The van der Waals surface area contributed by atoms with E-state index in [0.29, 0.717) is 11.5 Å². The topological polar surface area (TPSA) is 94.0 Å². The highest BCUT2D eigenvalue weighted by molar-refractivity contribution is 5.98. The van der Waals surface area contributed by atoms with Crippen LogP contribution in [0.5, 0.6) is 0 Å². The largest absolute Gasteiger partial charge is 0.478 e. The maximum Gasteiger partial charge on any atom is 0.335 e. The second kappa shape index (κ2) is 8.45. The van der Waals surface area contributed by atoms with Gasteiger partial charge in [-0.1, -0.05) is 17.3 Å². The molecule has 4 aromatic heterocycles. The highest BCUT2D eigenvalue weighted by atomic mass is 16.5. The van der Waals surface area contributed by atoms with Crippen molar-refractivity contribution in [2.45, 2.75) is 45.6 Å². The lowest BCUT2D eigenvalue weighted by Gasteiger charge is -2.14. The van der Waals surface area contributed by atoms with Crippen molar-refractivity contribution in [3.63, 3.8) is 0 Å². The Bertz CT molecular complexity index is 1590. The average molecular weight is 479 g/mol. The van der Waals surface area contributed by atoms with Crippen molar-refractivity contribution in [1.29, 1.82) is 0 Å². The van der Waals surface area contributed by atoms with E-state index in [9.17, 15) is 9.90 Å². The number of rotatable bonds is 6. The Hall–Kier alpha value is -4.26. The van der Waals surface area contributed by atoms with Crippen LogP contribution in [0.4, 0.5) is 0 Å². The summed E-state index contributed by atoms with van der Waals surface area (Å²) in [5.41, 5.74) is 8.00. The van der Waals surface area contributed by atoms with Crippen LogP contribution in [0.25, 0.3) is 33.3 Å². The van der Waals surface area contributed by atoms with E-state index in [2.05, 4.69) is 33.9 Å². The van der Waals surface area contributed by atoms with Gasteiger partial charge in [-0.2, -0.15) is 0 Å². The minimum Gasteiger partial charge on any atom is -0.478 e. The molecule has 1 atom stereocenters. The molecule has 1 saturated carbocycles. The molecule has 7 heteroatoms. The van der Waals surface area contributed by atoms with E-state index in [4.69, 9.17) is 9.51 Å². The van der Waals surface area contributed by atoms with Crippen LogP contribution in [0.3, 0.4) is 0 Å². The third kappa shape index (κ3) is 3.68. The van der Waals surface area contributed by atoms with Gasteiger partial charge in [-0.3, -0.25) is 4.98 Å². The molecule has 1 N–H and O–H groups in total. The third-order valence-corrected chi connectivity index (χ3v) is 7.13. The number of aromatic nitrogens is 4. The van der Waals surface area contributed by atoms with Crippen LogP contribution < -0.4 is 0 Å². The maximum absolute atomic E-state index is 11.7. The van der Waals surface area contributed by atoms with Gasteiger partial charge in [-0.15, -0.1) is 0 Å². The summed E-state index contributed by atoms with van der Waals surface area (Å²) < 4.78 is 7.58. The number of benzene rings is 1. The molecule has 0 spiro atoms. The second-order valence-corrected chi connectivity index (χ2v) is 9.56. The highest BCUT2D eigenvalue weighted by Crippen LogP contribution is 2.47. The molecule has 36 heavy (non-hydrogen) atoms. The number of fused-ring (bicyclic) bond motifs is 1. The van der Waals surface area contributed by atoms with Crippen LogP contribution in [0, 0.1) is 13.8 Å². The van der Waals surface area contributed by atoms with Crippen molar-refractivity contribution in [3.05, 3.63) is 89.3 Å². The molecular formula is C29H26N4O3. The molecule has 0 saturated heterocycles. The van der Waals surface area contributed by atoms with E-state index < -0.39 is 5.97 Å². The van der Waals surface area contributed by atoms with Crippen LogP contribution in [-0.2, 0) is 0 Å². The van der Waals surface area contributed by atoms with Gasteiger partial charge in [0.2, 0.25) is 0 Å². The second-order valence-electron chi connectivity index (χ2n) is 9.56. The molecule has 0 aliphatic heterocycles. The normalized spacial score (nSPS) is 14.3. The Morgan fingerprint density at radius 1 is 1.11 bits per heavy atom.